The Bertz CT molecular complexity index is 796. The molecule has 0 aromatic heterocycles. The molecular weight excluding hydrogens is 416 g/mol. The number of aliphatic carboxylic acids is 2. The lowest BCUT2D eigenvalue weighted by molar-refractivity contribution is -0.159. The van der Waals surface area contributed by atoms with Crippen molar-refractivity contribution in [3.05, 3.63) is 17.7 Å². The quantitative estimate of drug-likeness (QED) is 0.630. The normalized spacial score (nSPS) is 25.0. The van der Waals surface area contributed by atoms with Crippen LogP contribution in [0.3, 0.4) is 0 Å². The minimum Gasteiger partial charge on any atom is -0.493 e. The molecule has 9 heteroatoms. The molecule has 3 unspecified atom stereocenters. The summed E-state index contributed by atoms with van der Waals surface area (Å²) < 4.78 is 16.6. The van der Waals surface area contributed by atoms with Crippen LogP contribution in [0.5, 0.6) is 17.2 Å². The maximum atomic E-state index is 9.10. The number of carbonyl (C=O) groups is 2. The molecule has 2 bridgehead atoms. The van der Waals surface area contributed by atoms with Crippen LogP contribution in [-0.2, 0) is 16.1 Å². The third-order valence-electron chi connectivity index (χ3n) is 6.94. The summed E-state index contributed by atoms with van der Waals surface area (Å²) in [7, 11) is 5.03. The van der Waals surface area contributed by atoms with Gasteiger partial charge in [0, 0.05) is 44.3 Å². The molecule has 1 aromatic rings. The van der Waals surface area contributed by atoms with Gasteiger partial charge in [-0.15, -0.1) is 0 Å². The Morgan fingerprint density at radius 3 is 2.03 bits per heavy atom. The molecule has 1 aromatic carbocycles. The largest absolute Gasteiger partial charge is 0.493 e. The van der Waals surface area contributed by atoms with E-state index in [0.717, 1.165) is 43.3 Å². The average Bonchev–Trinajstić information content (AvgIpc) is 3.43. The molecule has 4 rings (SSSR count). The highest BCUT2D eigenvalue weighted by molar-refractivity contribution is 6.27. The van der Waals surface area contributed by atoms with E-state index < -0.39 is 11.9 Å². The van der Waals surface area contributed by atoms with Crippen LogP contribution < -0.4 is 14.2 Å². The first-order chi connectivity index (χ1) is 15.4. The summed E-state index contributed by atoms with van der Waals surface area (Å²) in [5.74, 6) is 0.561. The number of nitrogens with zero attached hydrogens (tertiary/aromatic N) is 2. The molecule has 1 saturated heterocycles. The van der Waals surface area contributed by atoms with E-state index >= 15 is 0 Å². The van der Waals surface area contributed by atoms with E-state index in [1.54, 1.807) is 21.3 Å². The van der Waals surface area contributed by atoms with Gasteiger partial charge in [0.2, 0.25) is 5.75 Å². The monoisotopic (exact) mass is 450 g/mol. The predicted octanol–water partition coefficient (Wildman–Crippen LogP) is 2.17. The van der Waals surface area contributed by atoms with Gasteiger partial charge in [-0.1, -0.05) is 12.5 Å². The van der Waals surface area contributed by atoms with E-state index in [4.69, 9.17) is 34.0 Å². The van der Waals surface area contributed by atoms with Crippen LogP contribution in [0.15, 0.2) is 12.1 Å². The molecule has 2 saturated carbocycles. The molecule has 0 spiro atoms. The molecule has 1 aliphatic heterocycles. The van der Waals surface area contributed by atoms with Crippen molar-refractivity contribution in [2.75, 3.05) is 47.5 Å². The average molecular weight is 451 g/mol. The summed E-state index contributed by atoms with van der Waals surface area (Å²) >= 11 is 0. The van der Waals surface area contributed by atoms with Gasteiger partial charge in [-0.05, 0) is 37.2 Å². The topological polar surface area (TPSA) is 109 Å². The SMILES string of the molecule is COc1ccc(CN2CCN(C3CC4CCC3C4)CC2)c(OC)c1OC.O=C(O)C(=O)O. The van der Waals surface area contributed by atoms with Crippen molar-refractivity contribution in [2.24, 2.45) is 11.8 Å². The van der Waals surface area contributed by atoms with E-state index in [-0.39, 0.29) is 0 Å². The number of hydrogen-bond donors (Lipinski definition) is 2. The number of benzene rings is 1. The lowest BCUT2D eigenvalue weighted by Crippen LogP contribution is -2.51. The molecule has 32 heavy (non-hydrogen) atoms. The van der Waals surface area contributed by atoms with Gasteiger partial charge in [-0.25, -0.2) is 9.59 Å². The number of rotatable bonds is 6. The summed E-state index contributed by atoms with van der Waals surface area (Å²) in [5.41, 5.74) is 1.17. The van der Waals surface area contributed by atoms with Crippen LogP contribution in [0.2, 0.25) is 0 Å². The number of methoxy groups -OCH3 is 3. The lowest BCUT2D eigenvalue weighted by Gasteiger charge is -2.41. The molecule has 3 atom stereocenters. The Labute approximate surface area is 188 Å². The molecule has 9 nitrogen and oxygen atoms in total. The number of hydrogen-bond acceptors (Lipinski definition) is 7. The third-order valence-corrected chi connectivity index (χ3v) is 6.94. The molecule has 3 fully saturated rings. The van der Waals surface area contributed by atoms with Crippen molar-refractivity contribution in [3.8, 4) is 17.2 Å². The van der Waals surface area contributed by atoms with Gasteiger partial charge in [0.05, 0.1) is 21.3 Å². The van der Waals surface area contributed by atoms with Gasteiger partial charge in [-0.3, -0.25) is 9.80 Å². The second-order valence-corrected chi connectivity index (χ2v) is 8.66. The summed E-state index contributed by atoms with van der Waals surface area (Å²) in [5, 5.41) is 14.8. The first-order valence-electron chi connectivity index (χ1n) is 11.1. The first kappa shape index (κ1) is 24.1. The second-order valence-electron chi connectivity index (χ2n) is 8.66. The highest BCUT2D eigenvalue weighted by Crippen LogP contribution is 2.47. The van der Waals surface area contributed by atoms with Crippen LogP contribution in [-0.4, -0.2) is 85.5 Å². The first-order valence-corrected chi connectivity index (χ1v) is 11.1. The van der Waals surface area contributed by atoms with E-state index in [2.05, 4.69) is 15.9 Å². The van der Waals surface area contributed by atoms with E-state index in [9.17, 15) is 0 Å². The van der Waals surface area contributed by atoms with E-state index in [1.165, 1.54) is 44.3 Å². The number of carboxylic acid groups (broad SMARTS) is 2. The van der Waals surface area contributed by atoms with Crippen molar-refractivity contribution in [1.29, 1.82) is 0 Å². The molecule has 3 aliphatic rings. The summed E-state index contributed by atoms with van der Waals surface area (Å²) in [4.78, 5) is 23.5. The van der Waals surface area contributed by atoms with Crippen LogP contribution in [0.1, 0.15) is 31.2 Å². The Balaban J connectivity index is 0.000000427. The number of carboxylic acids is 2. The fourth-order valence-corrected chi connectivity index (χ4v) is 5.44. The molecule has 0 amide bonds. The molecule has 2 aliphatic carbocycles. The highest BCUT2D eigenvalue weighted by Gasteiger charge is 2.42. The van der Waals surface area contributed by atoms with Gasteiger partial charge in [0.15, 0.2) is 11.5 Å². The smallest absolute Gasteiger partial charge is 0.414 e. The van der Waals surface area contributed by atoms with Crippen molar-refractivity contribution >= 4 is 11.9 Å². The van der Waals surface area contributed by atoms with Crippen molar-refractivity contribution in [3.63, 3.8) is 0 Å². The number of ether oxygens (including phenoxy) is 3. The molecule has 178 valence electrons. The van der Waals surface area contributed by atoms with Crippen molar-refractivity contribution in [2.45, 2.75) is 38.3 Å². The standard InChI is InChI=1S/C21H32N2O3.C2H2O4/c1-24-19-7-6-17(20(25-2)21(19)26-3)14-22-8-10-23(11-9-22)18-13-15-4-5-16(18)12-15;3-1(4)2(5)6/h6-7,15-16,18H,4-5,8-14H2,1-3H3;(H,3,4)(H,5,6). The van der Waals surface area contributed by atoms with Gasteiger partial charge < -0.3 is 24.4 Å². The van der Waals surface area contributed by atoms with Crippen LogP contribution >= 0.6 is 0 Å². The number of piperazine rings is 1. The van der Waals surface area contributed by atoms with Crippen LogP contribution in [0.25, 0.3) is 0 Å². The van der Waals surface area contributed by atoms with E-state index in [1.807, 2.05) is 6.07 Å². The molecule has 1 heterocycles. The fraction of sp³-hybridized carbons (Fsp3) is 0.652. The Morgan fingerprint density at radius 2 is 1.56 bits per heavy atom. The molecule has 0 radical (unpaired) electrons. The second kappa shape index (κ2) is 10.9. The lowest BCUT2D eigenvalue weighted by atomic mass is 9.93. The van der Waals surface area contributed by atoms with Gasteiger partial charge >= 0.3 is 11.9 Å². The minimum atomic E-state index is -1.82. The van der Waals surface area contributed by atoms with E-state index in [0.29, 0.717) is 11.5 Å². The van der Waals surface area contributed by atoms with Crippen molar-refractivity contribution in [1.82, 2.24) is 9.80 Å². The predicted molar refractivity (Wildman–Crippen MR) is 117 cm³/mol. The third kappa shape index (κ3) is 5.45. The molecule has 2 N–H and O–H groups in total. The number of fused-ring (bicyclic) bond motifs is 2. The Hall–Kier alpha value is -2.52. The summed E-state index contributed by atoms with van der Waals surface area (Å²) in [6, 6.07) is 4.94. The Morgan fingerprint density at radius 1 is 0.906 bits per heavy atom. The maximum absolute atomic E-state index is 9.10. The zero-order valence-electron chi connectivity index (χ0n) is 19.1. The van der Waals surface area contributed by atoms with Crippen molar-refractivity contribution < 1.29 is 34.0 Å². The van der Waals surface area contributed by atoms with Crippen LogP contribution in [0, 0.1) is 11.8 Å². The zero-order chi connectivity index (χ0) is 23.3. The fourth-order valence-electron chi connectivity index (χ4n) is 5.44. The van der Waals surface area contributed by atoms with Gasteiger partial charge in [-0.2, -0.15) is 0 Å². The van der Waals surface area contributed by atoms with Crippen LogP contribution in [0.4, 0.5) is 0 Å². The summed E-state index contributed by atoms with van der Waals surface area (Å²) in [6.45, 7) is 5.55. The van der Waals surface area contributed by atoms with Gasteiger partial charge in [0.25, 0.3) is 0 Å². The van der Waals surface area contributed by atoms with Gasteiger partial charge in [0.1, 0.15) is 0 Å². The molecular formula is C23H34N2O7. The zero-order valence-corrected chi connectivity index (χ0v) is 19.1. The summed E-state index contributed by atoms with van der Waals surface area (Å²) in [6.07, 6.45) is 5.90. The highest BCUT2D eigenvalue weighted by atomic mass is 16.5. The minimum absolute atomic E-state index is 0.688. The Kier molecular flexibility index (Phi) is 8.20. The maximum Gasteiger partial charge on any atom is 0.414 e.